The van der Waals surface area contributed by atoms with Gasteiger partial charge in [-0.05, 0) is 30.0 Å². The predicted octanol–water partition coefficient (Wildman–Crippen LogP) is 2.91. The minimum atomic E-state index is -0.879. The molecule has 0 fully saturated rings. The first-order chi connectivity index (χ1) is 7.80. The van der Waals surface area contributed by atoms with Gasteiger partial charge in [-0.15, -0.1) is 0 Å². The Balaban J connectivity index is 2.64. The first kappa shape index (κ1) is 13.7. The van der Waals surface area contributed by atoms with Crippen LogP contribution < -0.4 is 5.32 Å². The van der Waals surface area contributed by atoms with E-state index in [1.54, 1.807) is 18.2 Å². The number of carbonyl (C=O) groups is 1. The molecule has 3 heteroatoms. The minimum Gasteiger partial charge on any atom is -0.478 e. The van der Waals surface area contributed by atoms with E-state index in [9.17, 15) is 4.79 Å². The average molecular weight is 235 g/mol. The normalized spacial score (nSPS) is 13.4. The highest BCUT2D eigenvalue weighted by Crippen LogP contribution is 2.19. The highest BCUT2D eigenvalue weighted by atomic mass is 16.4. The molecule has 0 saturated heterocycles. The van der Waals surface area contributed by atoms with E-state index in [-0.39, 0.29) is 5.41 Å². The first-order valence-electron chi connectivity index (χ1n) is 5.86. The summed E-state index contributed by atoms with van der Waals surface area (Å²) in [5.74, 6) is -0.879. The first-order valence-corrected chi connectivity index (χ1v) is 5.86. The molecule has 0 heterocycles. The van der Waals surface area contributed by atoms with E-state index >= 15 is 0 Å². The van der Waals surface area contributed by atoms with Crippen LogP contribution >= 0.6 is 0 Å². The molecule has 0 radical (unpaired) electrons. The molecule has 0 aromatic heterocycles. The second-order valence-corrected chi connectivity index (χ2v) is 5.47. The van der Waals surface area contributed by atoms with Crippen LogP contribution in [0.5, 0.6) is 0 Å². The fourth-order valence-corrected chi connectivity index (χ4v) is 1.39. The van der Waals surface area contributed by atoms with Crippen molar-refractivity contribution >= 4 is 5.97 Å². The zero-order valence-corrected chi connectivity index (χ0v) is 10.9. The number of carboxylic acid groups (broad SMARTS) is 1. The molecule has 1 rings (SSSR count). The Morgan fingerprint density at radius 2 is 2.06 bits per heavy atom. The lowest BCUT2D eigenvalue weighted by atomic mass is 9.88. The molecule has 2 N–H and O–H groups in total. The molecule has 1 unspecified atom stereocenters. The summed E-state index contributed by atoms with van der Waals surface area (Å²) in [6.07, 6.45) is 0. The van der Waals surface area contributed by atoms with Crippen LogP contribution in [0, 0.1) is 5.41 Å². The molecule has 0 aliphatic heterocycles. The highest BCUT2D eigenvalue weighted by molar-refractivity contribution is 5.87. The van der Waals surface area contributed by atoms with Crippen LogP contribution in [0.15, 0.2) is 24.3 Å². The van der Waals surface area contributed by atoms with Crippen LogP contribution in [0.1, 0.15) is 43.6 Å². The third-order valence-corrected chi connectivity index (χ3v) is 3.09. The van der Waals surface area contributed by atoms with Gasteiger partial charge >= 0.3 is 5.97 Å². The Bertz CT molecular complexity index is 393. The van der Waals surface area contributed by atoms with E-state index in [1.165, 1.54) is 0 Å². The summed E-state index contributed by atoms with van der Waals surface area (Å²) in [5.41, 5.74) is 1.54. The third-order valence-electron chi connectivity index (χ3n) is 3.09. The molecule has 1 atom stereocenters. The lowest BCUT2D eigenvalue weighted by Crippen LogP contribution is -2.37. The summed E-state index contributed by atoms with van der Waals surface area (Å²) < 4.78 is 0. The zero-order chi connectivity index (χ0) is 13.1. The quantitative estimate of drug-likeness (QED) is 0.843. The van der Waals surface area contributed by atoms with Gasteiger partial charge in [0, 0.05) is 12.6 Å². The van der Waals surface area contributed by atoms with Crippen molar-refractivity contribution in [2.24, 2.45) is 5.41 Å². The molecule has 1 aromatic carbocycles. The maximum absolute atomic E-state index is 10.8. The molecular formula is C14H21NO2. The number of hydrogen-bond donors (Lipinski definition) is 2. The van der Waals surface area contributed by atoms with Gasteiger partial charge in [0.15, 0.2) is 0 Å². The molecule has 0 saturated carbocycles. The summed E-state index contributed by atoms with van der Waals surface area (Å²) in [6.45, 7) is 9.37. The molecule has 0 aliphatic carbocycles. The summed E-state index contributed by atoms with van der Waals surface area (Å²) in [6, 6.07) is 7.41. The van der Waals surface area contributed by atoms with Gasteiger partial charge in [-0.3, -0.25) is 0 Å². The van der Waals surface area contributed by atoms with Crippen LogP contribution in [0.3, 0.4) is 0 Å². The van der Waals surface area contributed by atoms with Gasteiger partial charge in [-0.25, -0.2) is 4.79 Å². The van der Waals surface area contributed by atoms with Crippen molar-refractivity contribution in [3.05, 3.63) is 35.4 Å². The van der Waals surface area contributed by atoms with E-state index in [4.69, 9.17) is 5.11 Å². The summed E-state index contributed by atoms with van der Waals surface area (Å²) in [4.78, 5) is 10.8. The van der Waals surface area contributed by atoms with Crippen molar-refractivity contribution in [1.29, 1.82) is 0 Å². The van der Waals surface area contributed by atoms with Crippen molar-refractivity contribution in [3.8, 4) is 0 Å². The van der Waals surface area contributed by atoms with E-state index in [1.807, 2.05) is 6.07 Å². The van der Waals surface area contributed by atoms with Gasteiger partial charge < -0.3 is 10.4 Å². The van der Waals surface area contributed by atoms with Gasteiger partial charge in [0.2, 0.25) is 0 Å². The maximum atomic E-state index is 10.8. The molecule has 0 amide bonds. The van der Waals surface area contributed by atoms with Crippen molar-refractivity contribution in [2.45, 2.75) is 40.3 Å². The number of benzene rings is 1. The monoisotopic (exact) mass is 235 g/mol. The van der Waals surface area contributed by atoms with E-state index in [2.05, 4.69) is 33.0 Å². The zero-order valence-electron chi connectivity index (χ0n) is 10.9. The van der Waals surface area contributed by atoms with Gasteiger partial charge in [0.1, 0.15) is 0 Å². The summed E-state index contributed by atoms with van der Waals surface area (Å²) in [7, 11) is 0. The van der Waals surface area contributed by atoms with Gasteiger partial charge in [0.25, 0.3) is 0 Å². The Labute approximate surface area is 103 Å². The molecule has 17 heavy (non-hydrogen) atoms. The third kappa shape index (κ3) is 4.19. The molecule has 94 valence electrons. The SMILES string of the molecule is CC(NCc1cccc(C(=O)O)c1)C(C)(C)C. The predicted molar refractivity (Wildman–Crippen MR) is 69.2 cm³/mol. The smallest absolute Gasteiger partial charge is 0.335 e. The van der Waals surface area contributed by atoms with Gasteiger partial charge in [-0.2, -0.15) is 0 Å². The second kappa shape index (κ2) is 5.32. The van der Waals surface area contributed by atoms with Crippen molar-refractivity contribution in [3.63, 3.8) is 0 Å². The summed E-state index contributed by atoms with van der Waals surface area (Å²) >= 11 is 0. The maximum Gasteiger partial charge on any atom is 0.335 e. The fraction of sp³-hybridized carbons (Fsp3) is 0.500. The number of nitrogens with one attached hydrogen (secondary N) is 1. The molecule has 0 bridgehead atoms. The number of carboxylic acids is 1. The van der Waals surface area contributed by atoms with Crippen LogP contribution in [0.4, 0.5) is 0 Å². The molecule has 3 nitrogen and oxygen atoms in total. The van der Waals surface area contributed by atoms with E-state index < -0.39 is 5.97 Å². The Hall–Kier alpha value is -1.35. The standard InChI is InChI=1S/C14H21NO2/c1-10(14(2,3)4)15-9-11-6-5-7-12(8-11)13(16)17/h5-8,10,15H,9H2,1-4H3,(H,16,17). The number of hydrogen-bond acceptors (Lipinski definition) is 2. The number of rotatable bonds is 4. The largest absolute Gasteiger partial charge is 0.478 e. The van der Waals surface area contributed by atoms with Crippen molar-refractivity contribution in [1.82, 2.24) is 5.32 Å². The average Bonchev–Trinajstić information content (AvgIpc) is 2.25. The molecule has 0 aliphatic rings. The molecule has 1 aromatic rings. The Morgan fingerprint density at radius 1 is 1.41 bits per heavy atom. The van der Waals surface area contributed by atoms with Crippen LogP contribution in [0.2, 0.25) is 0 Å². The van der Waals surface area contributed by atoms with Crippen LogP contribution in [0.25, 0.3) is 0 Å². The summed E-state index contributed by atoms with van der Waals surface area (Å²) in [5, 5.41) is 12.3. The fourth-order valence-electron chi connectivity index (χ4n) is 1.39. The minimum absolute atomic E-state index is 0.199. The Kier molecular flexibility index (Phi) is 4.29. The van der Waals surface area contributed by atoms with E-state index in [0.717, 1.165) is 5.56 Å². The van der Waals surface area contributed by atoms with Crippen LogP contribution in [-0.4, -0.2) is 17.1 Å². The second-order valence-electron chi connectivity index (χ2n) is 5.47. The lowest BCUT2D eigenvalue weighted by molar-refractivity contribution is 0.0696. The van der Waals surface area contributed by atoms with Crippen LogP contribution in [-0.2, 0) is 6.54 Å². The van der Waals surface area contributed by atoms with Crippen molar-refractivity contribution < 1.29 is 9.90 Å². The lowest BCUT2D eigenvalue weighted by Gasteiger charge is -2.28. The van der Waals surface area contributed by atoms with Gasteiger partial charge in [0.05, 0.1) is 5.56 Å². The van der Waals surface area contributed by atoms with Gasteiger partial charge in [-0.1, -0.05) is 32.9 Å². The Morgan fingerprint density at radius 3 is 2.59 bits per heavy atom. The molecular weight excluding hydrogens is 214 g/mol. The van der Waals surface area contributed by atoms with Crippen molar-refractivity contribution in [2.75, 3.05) is 0 Å². The topological polar surface area (TPSA) is 49.3 Å². The highest BCUT2D eigenvalue weighted by Gasteiger charge is 2.19. The molecule has 0 spiro atoms. The van der Waals surface area contributed by atoms with E-state index in [0.29, 0.717) is 18.2 Å². The number of aromatic carboxylic acids is 1.